The second-order valence-corrected chi connectivity index (χ2v) is 4.99. The van der Waals surface area contributed by atoms with Gasteiger partial charge in [-0.1, -0.05) is 44.2 Å². The first-order valence-corrected chi connectivity index (χ1v) is 6.48. The minimum Gasteiger partial charge on any atom is -0.464 e. The maximum Gasteiger partial charge on any atom is 0.330 e. The van der Waals surface area contributed by atoms with Crippen LogP contribution < -0.4 is 5.32 Å². The zero-order chi connectivity index (χ0) is 13.6. The predicted octanol–water partition coefficient (Wildman–Crippen LogP) is 2.71. The summed E-state index contributed by atoms with van der Waals surface area (Å²) in [6.07, 6.45) is 0. The molecule has 1 aromatic carbocycles. The van der Waals surface area contributed by atoms with Crippen molar-refractivity contribution in [3.63, 3.8) is 0 Å². The number of rotatable bonds is 6. The molecule has 1 rings (SSSR count). The van der Waals surface area contributed by atoms with Gasteiger partial charge in [-0.05, 0) is 31.9 Å². The number of carbonyl (C=O) groups excluding carboxylic acids is 1. The van der Waals surface area contributed by atoms with Gasteiger partial charge in [0.05, 0.1) is 6.61 Å². The predicted molar refractivity (Wildman–Crippen MR) is 73.3 cm³/mol. The second kappa shape index (κ2) is 6.55. The average Bonchev–Trinajstić information content (AvgIpc) is 2.37. The van der Waals surface area contributed by atoms with Gasteiger partial charge >= 0.3 is 5.97 Å². The molecule has 0 aliphatic heterocycles. The minimum absolute atomic E-state index is 0.225. The molecule has 3 heteroatoms. The number of ether oxygens (including phenoxy) is 1. The lowest BCUT2D eigenvalue weighted by atomic mass is 9.91. The quantitative estimate of drug-likeness (QED) is 0.788. The standard InChI is InChI=1S/C15H23NO2/c1-5-18-14(17)15(4,16-11-12(2)3)13-9-7-6-8-10-13/h6-10,12,16H,5,11H2,1-4H3. The Kier molecular flexibility index (Phi) is 5.35. The summed E-state index contributed by atoms with van der Waals surface area (Å²) in [5.74, 6) is 0.249. The summed E-state index contributed by atoms with van der Waals surface area (Å²) in [6.45, 7) is 9.09. The Morgan fingerprint density at radius 2 is 1.94 bits per heavy atom. The van der Waals surface area contributed by atoms with Crippen LogP contribution in [0.2, 0.25) is 0 Å². The van der Waals surface area contributed by atoms with Gasteiger partial charge in [0.1, 0.15) is 5.54 Å². The highest BCUT2D eigenvalue weighted by Gasteiger charge is 2.36. The van der Waals surface area contributed by atoms with E-state index in [9.17, 15) is 4.79 Å². The first kappa shape index (κ1) is 14.7. The van der Waals surface area contributed by atoms with Crippen molar-refractivity contribution in [2.24, 2.45) is 5.92 Å². The number of nitrogens with one attached hydrogen (secondary N) is 1. The third-order valence-corrected chi connectivity index (χ3v) is 2.90. The molecule has 1 unspecified atom stereocenters. The molecule has 0 heterocycles. The SMILES string of the molecule is CCOC(=O)C(C)(NCC(C)C)c1ccccc1. The van der Waals surface area contributed by atoms with Crippen molar-refractivity contribution in [3.8, 4) is 0 Å². The number of benzene rings is 1. The lowest BCUT2D eigenvalue weighted by Gasteiger charge is -2.30. The van der Waals surface area contributed by atoms with Crippen LogP contribution in [-0.4, -0.2) is 19.1 Å². The van der Waals surface area contributed by atoms with Gasteiger partial charge in [0.2, 0.25) is 0 Å². The van der Waals surface area contributed by atoms with Gasteiger partial charge in [0, 0.05) is 0 Å². The van der Waals surface area contributed by atoms with E-state index < -0.39 is 5.54 Å². The van der Waals surface area contributed by atoms with E-state index in [1.54, 1.807) is 0 Å². The van der Waals surface area contributed by atoms with Gasteiger partial charge in [-0.2, -0.15) is 0 Å². The van der Waals surface area contributed by atoms with Gasteiger partial charge < -0.3 is 4.74 Å². The number of esters is 1. The average molecular weight is 249 g/mol. The van der Waals surface area contributed by atoms with Crippen LogP contribution in [0.1, 0.15) is 33.3 Å². The highest BCUT2D eigenvalue weighted by molar-refractivity contribution is 5.82. The summed E-state index contributed by atoms with van der Waals surface area (Å²) >= 11 is 0. The molecule has 0 spiro atoms. The number of hydrogen-bond acceptors (Lipinski definition) is 3. The Bertz CT molecular complexity index is 375. The van der Waals surface area contributed by atoms with Crippen molar-refractivity contribution in [3.05, 3.63) is 35.9 Å². The van der Waals surface area contributed by atoms with E-state index in [1.165, 1.54) is 0 Å². The van der Waals surface area contributed by atoms with Crippen molar-refractivity contribution in [1.82, 2.24) is 5.32 Å². The van der Waals surface area contributed by atoms with Crippen molar-refractivity contribution >= 4 is 5.97 Å². The molecule has 0 aromatic heterocycles. The van der Waals surface area contributed by atoms with Crippen LogP contribution in [0.15, 0.2) is 30.3 Å². The van der Waals surface area contributed by atoms with Crippen molar-refractivity contribution in [2.75, 3.05) is 13.2 Å². The van der Waals surface area contributed by atoms with Gasteiger partial charge in [-0.3, -0.25) is 5.32 Å². The summed E-state index contributed by atoms with van der Waals surface area (Å²) < 4.78 is 5.19. The normalized spacial score (nSPS) is 14.3. The van der Waals surface area contributed by atoms with Crippen LogP contribution in [0.25, 0.3) is 0 Å². The lowest BCUT2D eigenvalue weighted by molar-refractivity contribution is -0.151. The van der Waals surface area contributed by atoms with E-state index in [4.69, 9.17) is 4.74 Å². The lowest BCUT2D eigenvalue weighted by Crippen LogP contribution is -2.49. The van der Waals surface area contributed by atoms with E-state index in [2.05, 4.69) is 19.2 Å². The maximum absolute atomic E-state index is 12.2. The first-order chi connectivity index (χ1) is 8.50. The molecular formula is C15H23NO2. The molecule has 0 fully saturated rings. The molecule has 3 nitrogen and oxygen atoms in total. The monoisotopic (exact) mass is 249 g/mol. The Morgan fingerprint density at radius 1 is 1.33 bits per heavy atom. The maximum atomic E-state index is 12.2. The minimum atomic E-state index is -0.776. The van der Waals surface area contributed by atoms with Crippen LogP contribution >= 0.6 is 0 Å². The van der Waals surface area contributed by atoms with E-state index >= 15 is 0 Å². The largest absolute Gasteiger partial charge is 0.464 e. The van der Waals surface area contributed by atoms with Crippen LogP contribution in [0, 0.1) is 5.92 Å². The summed E-state index contributed by atoms with van der Waals surface area (Å²) in [7, 11) is 0. The van der Waals surface area contributed by atoms with E-state index in [0.29, 0.717) is 12.5 Å². The molecule has 18 heavy (non-hydrogen) atoms. The summed E-state index contributed by atoms with van der Waals surface area (Å²) in [4.78, 5) is 12.2. The number of hydrogen-bond donors (Lipinski definition) is 1. The van der Waals surface area contributed by atoms with Crippen LogP contribution in [0.4, 0.5) is 0 Å². The van der Waals surface area contributed by atoms with Gasteiger partial charge in [-0.15, -0.1) is 0 Å². The van der Waals surface area contributed by atoms with E-state index in [-0.39, 0.29) is 5.97 Å². The molecule has 1 atom stereocenters. The number of carbonyl (C=O) groups is 1. The molecule has 0 aliphatic rings. The highest BCUT2D eigenvalue weighted by Crippen LogP contribution is 2.22. The van der Waals surface area contributed by atoms with Crippen LogP contribution in [0.5, 0.6) is 0 Å². The molecule has 1 N–H and O–H groups in total. The van der Waals surface area contributed by atoms with Crippen molar-refractivity contribution < 1.29 is 9.53 Å². The molecule has 0 aliphatic carbocycles. The van der Waals surface area contributed by atoms with Gasteiger partial charge in [-0.25, -0.2) is 4.79 Å². The molecule has 0 saturated carbocycles. The molecule has 0 radical (unpaired) electrons. The molecular weight excluding hydrogens is 226 g/mol. The second-order valence-electron chi connectivity index (χ2n) is 4.99. The third kappa shape index (κ3) is 3.57. The Hall–Kier alpha value is -1.35. The fraction of sp³-hybridized carbons (Fsp3) is 0.533. The van der Waals surface area contributed by atoms with Gasteiger partial charge in [0.15, 0.2) is 0 Å². The summed E-state index contributed by atoms with van der Waals surface area (Å²) in [6, 6.07) is 9.71. The molecule has 0 amide bonds. The Morgan fingerprint density at radius 3 is 2.44 bits per heavy atom. The van der Waals surface area contributed by atoms with Crippen LogP contribution in [-0.2, 0) is 15.1 Å². The van der Waals surface area contributed by atoms with Crippen molar-refractivity contribution in [2.45, 2.75) is 33.2 Å². The smallest absolute Gasteiger partial charge is 0.330 e. The molecule has 1 aromatic rings. The topological polar surface area (TPSA) is 38.3 Å². The first-order valence-electron chi connectivity index (χ1n) is 6.48. The Labute approximate surface area is 110 Å². The fourth-order valence-corrected chi connectivity index (χ4v) is 1.75. The fourth-order valence-electron chi connectivity index (χ4n) is 1.75. The zero-order valence-electron chi connectivity index (χ0n) is 11.7. The highest BCUT2D eigenvalue weighted by atomic mass is 16.5. The third-order valence-electron chi connectivity index (χ3n) is 2.90. The van der Waals surface area contributed by atoms with Gasteiger partial charge in [0.25, 0.3) is 0 Å². The van der Waals surface area contributed by atoms with E-state index in [1.807, 2.05) is 44.2 Å². The molecule has 0 bridgehead atoms. The van der Waals surface area contributed by atoms with Crippen LogP contribution in [0.3, 0.4) is 0 Å². The summed E-state index contributed by atoms with van der Waals surface area (Å²) in [5, 5.41) is 3.32. The summed E-state index contributed by atoms with van der Waals surface area (Å²) in [5.41, 5.74) is 0.158. The molecule has 100 valence electrons. The Balaban J connectivity index is 2.97. The van der Waals surface area contributed by atoms with E-state index in [0.717, 1.165) is 12.1 Å². The molecule has 0 saturated heterocycles. The zero-order valence-corrected chi connectivity index (χ0v) is 11.7. The van der Waals surface area contributed by atoms with Crippen molar-refractivity contribution in [1.29, 1.82) is 0 Å².